The molecule has 2 N–H and O–H groups in total. The molecule has 0 bridgehead atoms. The van der Waals surface area contributed by atoms with Crippen molar-refractivity contribution in [3.05, 3.63) is 66.5 Å². The predicted molar refractivity (Wildman–Crippen MR) is 168 cm³/mol. The van der Waals surface area contributed by atoms with Crippen molar-refractivity contribution in [2.75, 3.05) is 38.8 Å². The summed E-state index contributed by atoms with van der Waals surface area (Å²) in [4.78, 5) is 16.9. The lowest BCUT2D eigenvalue weighted by Crippen LogP contribution is -2.49. The van der Waals surface area contributed by atoms with Crippen LogP contribution in [0.5, 0.6) is 17.2 Å². The average Bonchev–Trinajstić information content (AvgIpc) is 3.33. The molecule has 0 spiro atoms. The second-order valence-electron chi connectivity index (χ2n) is 12.6. The van der Waals surface area contributed by atoms with Gasteiger partial charge in [0.1, 0.15) is 23.9 Å². The summed E-state index contributed by atoms with van der Waals surface area (Å²) >= 11 is 0. The van der Waals surface area contributed by atoms with Crippen molar-refractivity contribution in [2.24, 2.45) is 5.41 Å². The summed E-state index contributed by atoms with van der Waals surface area (Å²) in [5.41, 5.74) is 1.79. The molecule has 234 valence electrons. The van der Waals surface area contributed by atoms with E-state index in [1.165, 1.54) is 6.20 Å². The molecule has 2 aromatic carbocycles. The fraction of sp³-hybridized carbons (Fsp3) is 0.375. The largest absolute Gasteiger partial charge is 0.496 e. The number of fused-ring (bicyclic) bond motifs is 1. The standard InChI is InChI=1S/C32H38F2N4O5Si/c1-32(18-42-19-32)17-36-31(39)37-21-14-24(33)29(25(34)15-21)43-27-10-11-35-30-28(27)23(22-8-6-7-9-26(22)40-2)16-38(30)20-41-12-13-44(3,4)5/h6-11,14-16H,12-13,17-20H2,1-5H3,(H2,36,37,39). The summed E-state index contributed by atoms with van der Waals surface area (Å²) in [6, 6.07) is 11.5. The van der Waals surface area contributed by atoms with E-state index < -0.39 is 31.5 Å². The van der Waals surface area contributed by atoms with Crippen molar-refractivity contribution in [3.63, 3.8) is 0 Å². The quantitative estimate of drug-likeness (QED) is 0.127. The first-order chi connectivity index (χ1) is 21.0. The monoisotopic (exact) mass is 624 g/mol. The number of ether oxygens (including phenoxy) is 4. The van der Waals surface area contributed by atoms with E-state index in [1.54, 1.807) is 13.2 Å². The molecule has 3 heterocycles. The second-order valence-corrected chi connectivity index (χ2v) is 18.2. The highest BCUT2D eigenvalue weighted by Crippen LogP contribution is 2.42. The zero-order valence-corrected chi connectivity index (χ0v) is 26.6. The second kappa shape index (κ2) is 12.9. The lowest BCUT2D eigenvalue weighted by atomic mass is 9.89. The summed E-state index contributed by atoms with van der Waals surface area (Å²) in [6.45, 7) is 11.1. The van der Waals surface area contributed by atoms with Crippen LogP contribution in [0.15, 0.2) is 54.9 Å². The minimum absolute atomic E-state index is 0.0453. The van der Waals surface area contributed by atoms with Crippen molar-refractivity contribution < 1.29 is 32.5 Å². The average molecular weight is 625 g/mol. The zero-order chi connectivity index (χ0) is 31.5. The van der Waals surface area contributed by atoms with E-state index in [-0.39, 0.29) is 23.6 Å². The first kappa shape index (κ1) is 31.4. The Hall–Kier alpha value is -4.00. The molecule has 4 aromatic rings. The van der Waals surface area contributed by atoms with Crippen LogP contribution in [0, 0.1) is 17.0 Å². The van der Waals surface area contributed by atoms with Crippen LogP contribution in [0.2, 0.25) is 25.7 Å². The van der Waals surface area contributed by atoms with Gasteiger partial charge >= 0.3 is 6.03 Å². The molecule has 1 fully saturated rings. The molecular formula is C32H38F2N4O5Si. The Kier molecular flexibility index (Phi) is 9.23. The first-order valence-electron chi connectivity index (χ1n) is 14.4. The summed E-state index contributed by atoms with van der Waals surface area (Å²) in [5, 5.41) is 5.73. The normalized spacial score (nSPS) is 14.2. The van der Waals surface area contributed by atoms with Crippen LogP contribution in [-0.4, -0.2) is 57.1 Å². The van der Waals surface area contributed by atoms with E-state index in [9.17, 15) is 4.79 Å². The van der Waals surface area contributed by atoms with Crippen molar-refractivity contribution in [1.29, 1.82) is 0 Å². The zero-order valence-electron chi connectivity index (χ0n) is 25.6. The number of pyridine rings is 1. The van der Waals surface area contributed by atoms with Gasteiger partial charge in [0.25, 0.3) is 0 Å². The Labute approximate surface area is 256 Å². The Morgan fingerprint density at radius 2 is 1.82 bits per heavy atom. The molecular weight excluding hydrogens is 586 g/mol. The van der Waals surface area contributed by atoms with E-state index >= 15 is 8.78 Å². The highest BCUT2D eigenvalue weighted by molar-refractivity contribution is 6.76. The fourth-order valence-corrected chi connectivity index (χ4v) is 5.60. The van der Waals surface area contributed by atoms with Crippen LogP contribution in [0.4, 0.5) is 19.3 Å². The van der Waals surface area contributed by atoms with Crippen LogP contribution in [0.1, 0.15) is 6.92 Å². The van der Waals surface area contributed by atoms with Crippen molar-refractivity contribution >= 4 is 30.8 Å². The highest BCUT2D eigenvalue weighted by atomic mass is 28.3. The summed E-state index contributed by atoms with van der Waals surface area (Å²) < 4.78 is 55.2. The number of carbonyl (C=O) groups excluding carboxylic acids is 1. The number of para-hydroxylation sites is 1. The number of hydrogen-bond donors (Lipinski definition) is 2. The number of benzene rings is 2. The van der Waals surface area contributed by atoms with Gasteiger partial charge in [-0.15, -0.1) is 0 Å². The number of hydrogen-bond acceptors (Lipinski definition) is 6. The number of nitrogens with zero attached hydrogens (tertiary/aromatic N) is 2. The fourth-order valence-electron chi connectivity index (χ4n) is 4.84. The molecule has 2 amide bonds. The number of halogens is 2. The van der Waals surface area contributed by atoms with E-state index in [1.807, 2.05) is 42.0 Å². The minimum Gasteiger partial charge on any atom is -0.496 e. The van der Waals surface area contributed by atoms with E-state index in [0.29, 0.717) is 48.7 Å². The van der Waals surface area contributed by atoms with Crippen molar-refractivity contribution in [1.82, 2.24) is 14.9 Å². The van der Waals surface area contributed by atoms with Crippen LogP contribution >= 0.6 is 0 Å². The number of methoxy groups -OCH3 is 1. The Morgan fingerprint density at radius 1 is 1.09 bits per heavy atom. The van der Waals surface area contributed by atoms with Gasteiger partial charge in [0.15, 0.2) is 17.4 Å². The van der Waals surface area contributed by atoms with Gasteiger partial charge in [-0.2, -0.15) is 0 Å². The van der Waals surface area contributed by atoms with E-state index in [4.69, 9.17) is 18.9 Å². The number of urea groups is 1. The molecule has 9 nitrogen and oxygen atoms in total. The van der Waals surface area contributed by atoms with Crippen molar-refractivity contribution in [2.45, 2.75) is 39.3 Å². The lowest BCUT2D eigenvalue weighted by molar-refractivity contribution is -0.0974. The Balaban J connectivity index is 1.44. The molecule has 2 aromatic heterocycles. The molecule has 5 rings (SSSR count). The summed E-state index contributed by atoms with van der Waals surface area (Å²) in [6.07, 6.45) is 3.40. The topological polar surface area (TPSA) is 95.9 Å². The molecule has 0 radical (unpaired) electrons. The summed E-state index contributed by atoms with van der Waals surface area (Å²) in [7, 11) is 0.294. The van der Waals surface area contributed by atoms with E-state index in [2.05, 4.69) is 35.3 Å². The third-order valence-corrected chi connectivity index (χ3v) is 9.09. The van der Waals surface area contributed by atoms with Crippen LogP contribution in [-0.2, 0) is 16.2 Å². The molecule has 0 atom stereocenters. The Morgan fingerprint density at radius 3 is 2.48 bits per heavy atom. The van der Waals surface area contributed by atoms with Gasteiger partial charge < -0.3 is 34.1 Å². The third-order valence-electron chi connectivity index (χ3n) is 7.39. The number of aromatic nitrogens is 2. The molecule has 0 aliphatic carbocycles. The van der Waals surface area contributed by atoms with Crippen LogP contribution in [0.25, 0.3) is 22.2 Å². The van der Waals surface area contributed by atoms with Gasteiger partial charge in [-0.1, -0.05) is 44.8 Å². The maximum absolute atomic E-state index is 15.3. The first-order valence-corrected chi connectivity index (χ1v) is 18.2. The van der Waals surface area contributed by atoms with Gasteiger partial charge in [0.05, 0.1) is 25.7 Å². The number of amides is 2. The van der Waals surface area contributed by atoms with E-state index in [0.717, 1.165) is 23.7 Å². The maximum Gasteiger partial charge on any atom is 0.319 e. The van der Waals surface area contributed by atoms with Crippen LogP contribution in [0.3, 0.4) is 0 Å². The lowest BCUT2D eigenvalue weighted by Gasteiger charge is -2.37. The van der Waals surface area contributed by atoms with Gasteiger partial charge in [-0.05, 0) is 18.2 Å². The number of nitrogens with one attached hydrogen (secondary N) is 2. The smallest absolute Gasteiger partial charge is 0.319 e. The number of carbonyl (C=O) groups is 1. The molecule has 12 heteroatoms. The predicted octanol–water partition coefficient (Wildman–Crippen LogP) is 7.25. The molecule has 0 saturated carbocycles. The van der Waals surface area contributed by atoms with Crippen LogP contribution < -0.4 is 20.1 Å². The van der Waals surface area contributed by atoms with Gasteiger partial charge in [-0.3, -0.25) is 0 Å². The molecule has 0 unspecified atom stereocenters. The summed E-state index contributed by atoms with van der Waals surface area (Å²) in [5.74, 6) is -1.74. The molecule has 1 saturated heterocycles. The minimum atomic E-state index is -1.29. The number of rotatable bonds is 12. The maximum atomic E-state index is 15.3. The molecule has 1 aliphatic rings. The van der Waals surface area contributed by atoms with Gasteiger partial charge in [-0.25, -0.2) is 18.6 Å². The third kappa shape index (κ3) is 7.20. The SMILES string of the molecule is COc1ccccc1-c1cn(COCC[Si](C)(C)C)c2nccc(Oc3c(F)cc(NC(=O)NCC4(C)COC4)cc3F)c12. The highest BCUT2D eigenvalue weighted by Gasteiger charge is 2.33. The van der Waals surface area contributed by atoms with Crippen molar-refractivity contribution in [3.8, 4) is 28.4 Å². The van der Waals surface area contributed by atoms with Gasteiger partial charge in [0.2, 0.25) is 0 Å². The van der Waals surface area contributed by atoms with Gasteiger partial charge in [0, 0.05) is 68.0 Å². The number of anilines is 1. The molecule has 44 heavy (non-hydrogen) atoms. The molecule has 1 aliphatic heterocycles. The Bertz CT molecular complexity index is 1630.